The number of amides is 1. The molecule has 1 saturated carbocycles. The normalized spacial score (nSPS) is 19.0. The van der Waals surface area contributed by atoms with Crippen molar-refractivity contribution in [2.45, 2.75) is 25.3 Å². The second kappa shape index (κ2) is 6.13. The number of hydrogen-bond acceptors (Lipinski definition) is 5. The monoisotopic (exact) mass is 336 g/mol. The summed E-state index contributed by atoms with van der Waals surface area (Å²) in [6.07, 6.45) is 4.34. The van der Waals surface area contributed by atoms with Crippen molar-refractivity contribution >= 4 is 17.2 Å². The van der Waals surface area contributed by atoms with E-state index in [0.717, 1.165) is 12.1 Å². The quantitative estimate of drug-likeness (QED) is 0.794. The molecule has 0 saturated heterocycles. The van der Waals surface area contributed by atoms with Gasteiger partial charge in [-0.1, -0.05) is 30.3 Å². The highest BCUT2D eigenvalue weighted by atomic mass is 32.1. The first-order valence-corrected chi connectivity index (χ1v) is 8.64. The van der Waals surface area contributed by atoms with E-state index < -0.39 is 0 Å². The van der Waals surface area contributed by atoms with Crippen molar-refractivity contribution < 1.29 is 4.79 Å². The van der Waals surface area contributed by atoms with Crippen molar-refractivity contribution in [3.05, 3.63) is 64.9 Å². The lowest BCUT2D eigenvalue weighted by molar-refractivity contribution is 0.0953. The Kier molecular flexibility index (Phi) is 3.82. The second-order valence-electron chi connectivity index (χ2n) is 5.84. The molecule has 5 nitrogen and oxygen atoms in total. The molecule has 3 aromatic rings. The van der Waals surface area contributed by atoms with E-state index in [1.54, 1.807) is 18.5 Å². The van der Waals surface area contributed by atoms with Gasteiger partial charge in [-0.3, -0.25) is 4.79 Å². The van der Waals surface area contributed by atoms with Crippen LogP contribution in [-0.2, 0) is 0 Å². The van der Waals surface area contributed by atoms with Gasteiger partial charge in [0.1, 0.15) is 4.88 Å². The van der Waals surface area contributed by atoms with Crippen LogP contribution in [0.2, 0.25) is 0 Å². The number of nitrogens with one attached hydrogen (secondary N) is 1. The molecule has 2 heterocycles. The standard InChI is InChI=1S/C18H16N4OS/c1-11-15(24-18(21-11)16-19-8-5-9-20-16)17(23)22-14-10-13(14)12-6-3-2-4-7-12/h2-9,13-14H,10H2,1H3,(H,22,23)/t13-,14+/m0/s1. The lowest BCUT2D eigenvalue weighted by atomic mass is 10.1. The summed E-state index contributed by atoms with van der Waals surface area (Å²) in [5, 5.41) is 3.79. The molecule has 24 heavy (non-hydrogen) atoms. The molecule has 6 heteroatoms. The minimum Gasteiger partial charge on any atom is -0.348 e. The van der Waals surface area contributed by atoms with Crippen LogP contribution in [0.25, 0.3) is 10.8 Å². The van der Waals surface area contributed by atoms with Crippen LogP contribution in [0.5, 0.6) is 0 Å². The Morgan fingerprint density at radius 2 is 1.92 bits per heavy atom. The van der Waals surface area contributed by atoms with Crippen molar-refractivity contribution in [3.8, 4) is 10.8 Å². The first-order chi connectivity index (χ1) is 11.7. The summed E-state index contributed by atoms with van der Waals surface area (Å²) in [5.41, 5.74) is 2.00. The van der Waals surface area contributed by atoms with E-state index in [1.807, 2.05) is 25.1 Å². The van der Waals surface area contributed by atoms with Crippen LogP contribution in [0.1, 0.15) is 33.3 Å². The van der Waals surface area contributed by atoms with Gasteiger partial charge in [0.15, 0.2) is 10.8 Å². The Bertz CT molecular complexity index is 863. The molecule has 1 aliphatic rings. The molecule has 1 fully saturated rings. The average Bonchev–Trinajstić information content (AvgIpc) is 3.27. The Morgan fingerprint density at radius 3 is 2.67 bits per heavy atom. The van der Waals surface area contributed by atoms with Crippen molar-refractivity contribution in [3.63, 3.8) is 0 Å². The topological polar surface area (TPSA) is 67.8 Å². The summed E-state index contributed by atoms with van der Waals surface area (Å²) < 4.78 is 0. The van der Waals surface area contributed by atoms with Crippen LogP contribution < -0.4 is 5.32 Å². The highest BCUT2D eigenvalue weighted by Crippen LogP contribution is 2.41. The molecule has 1 N–H and O–H groups in total. The molecule has 0 aliphatic heterocycles. The maximum absolute atomic E-state index is 12.6. The van der Waals surface area contributed by atoms with Crippen LogP contribution in [0.15, 0.2) is 48.8 Å². The average molecular weight is 336 g/mol. The number of thiazole rings is 1. The number of nitrogens with zero attached hydrogens (tertiary/aromatic N) is 3. The van der Waals surface area contributed by atoms with Crippen LogP contribution >= 0.6 is 11.3 Å². The highest BCUT2D eigenvalue weighted by molar-refractivity contribution is 7.17. The fourth-order valence-corrected chi connectivity index (χ4v) is 3.69. The zero-order valence-corrected chi connectivity index (χ0v) is 14.0. The first kappa shape index (κ1) is 15.0. The van der Waals surface area contributed by atoms with Gasteiger partial charge in [-0.05, 0) is 25.0 Å². The Morgan fingerprint density at radius 1 is 1.17 bits per heavy atom. The van der Waals surface area contributed by atoms with E-state index >= 15 is 0 Å². The molecule has 1 aromatic carbocycles. The molecule has 1 amide bonds. The van der Waals surface area contributed by atoms with Gasteiger partial charge < -0.3 is 5.32 Å². The van der Waals surface area contributed by atoms with Crippen LogP contribution in [0.4, 0.5) is 0 Å². The predicted molar refractivity (Wildman–Crippen MR) is 92.9 cm³/mol. The van der Waals surface area contributed by atoms with Gasteiger partial charge in [0.05, 0.1) is 5.69 Å². The van der Waals surface area contributed by atoms with Gasteiger partial charge in [-0.15, -0.1) is 11.3 Å². The lowest BCUT2D eigenvalue weighted by Gasteiger charge is -2.03. The molecule has 0 bridgehead atoms. The van der Waals surface area contributed by atoms with Gasteiger partial charge in [0.2, 0.25) is 0 Å². The maximum Gasteiger partial charge on any atom is 0.263 e. The largest absolute Gasteiger partial charge is 0.348 e. The minimum atomic E-state index is -0.0596. The fourth-order valence-electron chi connectivity index (χ4n) is 2.77. The van der Waals surface area contributed by atoms with E-state index in [9.17, 15) is 4.79 Å². The van der Waals surface area contributed by atoms with E-state index in [-0.39, 0.29) is 11.9 Å². The first-order valence-electron chi connectivity index (χ1n) is 7.83. The highest BCUT2D eigenvalue weighted by Gasteiger charge is 2.39. The Labute approximate surface area is 143 Å². The molecule has 0 radical (unpaired) electrons. The summed E-state index contributed by atoms with van der Waals surface area (Å²) in [4.78, 5) is 26.0. The third-order valence-corrected chi connectivity index (χ3v) is 5.25. The van der Waals surface area contributed by atoms with Crippen molar-refractivity contribution in [2.24, 2.45) is 0 Å². The third-order valence-electron chi connectivity index (χ3n) is 4.09. The van der Waals surface area contributed by atoms with E-state index in [2.05, 4.69) is 32.4 Å². The van der Waals surface area contributed by atoms with E-state index in [0.29, 0.717) is 21.6 Å². The van der Waals surface area contributed by atoms with Gasteiger partial charge in [0.25, 0.3) is 5.91 Å². The van der Waals surface area contributed by atoms with Crippen molar-refractivity contribution in [2.75, 3.05) is 0 Å². The zero-order chi connectivity index (χ0) is 16.5. The number of carbonyl (C=O) groups excluding carboxylic acids is 1. The van der Waals surface area contributed by atoms with Crippen LogP contribution in [-0.4, -0.2) is 26.9 Å². The summed E-state index contributed by atoms with van der Waals surface area (Å²) >= 11 is 1.34. The molecule has 0 unspecified atom stereocenters. The second-order valence-corrected chi connectivity index (χ2v) is 6.84. The number of benzene rings is 1. The number of aryl methyl sites for hydroxylation is 1. The Balaban J connectivity index is 1.47. The molecular weight excluding hydrogens is 320 g/mol. The number of rotatable bonds is 4. The Hall–Kier alpha value is -2.60. The van der Waals surface area contributed by atoms with Crippen LogP contribution in [0.3, 0.4) is 0 Å². The molecule has 0 spiro atoms. The fraction of sp³-hybridized carbons (Fsp3) is 0.222. The predicted octanol–water partition coefficient (Wildman–Crippen LogP) is 3.19. The van der Waals surface area contributed by atoms with Gasteiger partial charge in [0, 0.05) is 24.4 Å². The summed E-state index contributed by atoms with van der Waals surface area (Å²) in [6.45, 7) is 1.85. The minimum absolute atomic E-state index is 0.0596. The molecule has 2 aromatic heterocycles. The lowest BCUT2D eigenvalue weighted by Crippen LogP contribution is -2.26. The third kappa shape index (κ3) is 2.92. The molecule has 2 atom stereocenters. The summed E-state index contributed by atoms with van der Waals surface area (Å²) in [5.74, 6) is 0.911. The summed E-state index contributed by atoms with van der Waals surface area (Å²) in [6, 6.07) is 12.3. The van der Waals surface area contributed by atoms with Crippen molar-refractivity contribution in [1.29, 1.82) is 0 Å². The summed E-state index contributed by atoms with van der Waals surface area (Å²) in [7, 11) is 0. The SMILES string of the molecule is Cc1nc(-c2ncccn2)sc1C(=O)N[C@@H]1C[C@H]1c1ccccc1. The van der Waals surface area contributed by atoms with Gasteiger partial charge in [-0.25, -0.2) is 15.0 Å². The molecule has 1 aliphatic carbocycles. The number of hydrogen-bond donors (Lipinski definition) is 1. The van der Waals surface area contributed by atoms with E-state index in [4.69, 9.17) is 0 Å². The smallest absolute Gasteiger partial charge is 0.263 e. The molecule has 120 valence electrons. The van der Waals surface area contributed by atoms with Crippen molar-refractivity contribution in [1.82, 2.24) is 20.3 Å². The van der Waals surface area contributed by atoms with E-state index in [1.165, 1.54) is 16.9 Å². The van der Waals surface area contributed by atoms with Crippen LogP contribution in [0, 0.1) is 6.92 Å². The molecule has 4 rings (SSSR count). The number of carbonyl (C=O) groups is 1. The number of aromatic nitrogens is 3. The molecular formula is C18H16N4OS. The van der Waals surface area contributed by atoms with Gasteiger partial charge in [-0.2, -0.15) is 0 Å². The maximum atomic E-state index is 12.6. The van der Waals surface area contributed by atoms with Gasteiger partial charge >= 0.3 is 0 Å². The zero-order valence-electron chi connectivity index (χ0n) is 13.1.